The SMILES string of the molecule is CC(C)(C)OC(=O)N1CCCC(CCO)(c2ccc(Cl)cc2)C1. The molecule has 0 spiro atoms. The monoisotopic (exact) mass is 339 g/mol. The van der Waals surface area contributed by atoms with E-state index in [-0.39, 0.29) is 18.1 Å². The zero-order chi connectivity index (χ0) is 17.1. The van der Waals surface area contributed by atoms with E-state index >= 15 is 0 Å². The van der Waals surface area contributed by atoms with Crippen molar-refractivity contribution in [1.82, 2.24) is 4.90 Å². The number of halogens is 1. The lowest BCUT2D eigenvalue weighted by Crippen LogP contribution is -2.50. The van der Waals surface area contributed by atoms with Crippen LogP contribution in [0.2, 0.25) is 5.02 Å². The summed E-state index contributed by atoms with van der Waals surface area (Å²) in [6.45, 7) is 6.95. The molecule has 128 valence electrons. The minimum absolute atomic E-state index is 0.0881. The number of rotatable bonds is 3. The molecule has 1 N–H and O–H groups in total. The molecule has 1 atom stereocenters. The Kier molecular flexibility index (Phi) is 5.58. The molecular weight excluding hydrogens is 314 g/mol. The van der Waals surface area contributed by atoms with Crippen LogP contribution in [0.15, 0.2) is 24.3 Å². The molecule has 1 aromatic rings. The van der Waals surface area contributed by atoms with Crippen molar-refractivity contribution in [3.63, 3.8) is 0 Å². The Morgan fingerprint density at radius 1 is 1.35 bits per heavy atom. The molecule has 0 bridgehead atoms. The van der Waals surface area contributed by atoms with Gasteiger partial charge in [0.25, 0.3) is 0 Å². The number of nitrogens with zero attached hydrogens (tertiary/aromatic N) is 1. The van der Waals surface area contributed by atoms with Gasteiger partial charge < -0.3 is 14.7 Å². The molecular formula is C18H26ClNO3. The molecule has 1 aliphatic heterocycles. The predicted octanol–water partition coefficient (Wildman–Crippen LogP) is 3.99. The highest BCUT2D eigenvalue weighted by Gasteiger charge is 2.39. The van der Waals surface area contributed by atoms with Crippen LogP contribution in [-0.2, 0) is 10.2 Å². The fourth-order valence-electron chi connectivity index (χ4n) is 3.22. The third kappa shape index (κ3) is 4.61. The maximum atomic E-state index is 12.4. The molecule has 0 aliphatic carbocycles. The van der Waals surface area contributed by atoms with Gasteiger partial charge in [0.2, 0.25) is 0 Å². The van der Waals surface area contributed by atoms with Crippen molar-refractivity contribution in [2.45, 2.75) is 51.0 Å². The van der Waals surface area contributed by atoms with E-state index in [1.807, 2.05) is 45.0 Å². The number of benzene rings is 1. The number of carbonyl (C=O) groups is 1. The molecule has 1 saturated heterocycles. The number of hydrogen-bond acceptors (Lipinski definition) is 3. The number of piperidine rings is 1. The van der Waals surface area contributed by atoms with E-state index in [0.29, 0.717) is 24.5 Å². The molecule has 1 amide bonds. The normalized spacial score (nSPS) is 22.0. The topological polar surface area (TPSA) is 49.8 Å². The summed E-state index contributed by atoms with van der Waals surface area (Å²) in [5.41, 5.74) is 0.368. The first-order valence-electron chi connectivity index (χ1n) is 8.11. The number of ether oxygens (including phenoxy) is 1. The summed E-state index contributed by atoms with van der Waals surface area (Å²) in [5, 5.41) is 10.2. The van der Waals surface area contributed by atoms with Gasteiger partial charge in [0.05, 0.1) is 0 Å². The molecule has 1 unspecified atom stereocenters. The second-order valence-corrected chi connectivity index (χ2v) is 7.70. The number of hydrogen-bond donors (Lipinski definition) is 1. The van der Waals surface area contributed by atoms with Crippen molar-refractivity contribution < 1.29 is 14.6 Å². The number of amides is 1. The van der Waals surface area contributed by atoms with Gasteiger partial charge in [-0.3, -0.25) is 0 Å². The standard InChI is InChI=1S/C18H26ClNO3/c1-17(2,3)23-16(22)20-11-4-9-18(13-20,10-12-21)14-5-7-15(19)8-6-14/h5-8,21H,4,9-13H2,1-3H3. The molecule has 0 saturated carbocycles. The number of aliphatic hydroxyl groups is 1. The second-order valence-electron chi connectivity index (χ2n) is 7.27. The summed E-state index contributed by atoms with van der Waals surface area (Å²) in [5.74, 6) is 0. The van der Waals surface area contributed by atoms with Gasteiger partial charge in [-0.1, -0.05) is 23.7 Å². The van der Waals surface area contributed by atoms with Crippen LogP contribution in [0.4, 0.5) is 4.79 Å². The Balaban J connectivity index is 2.22. The van der Waals surface area contributed by atoms with Gasteiger partial charge in [0.15, 0.2) is 0 Å². The maximum Gasteiger partial charge on any atom is 0.410 e. The van der Waals surface area contributed by atoms with Gasteiger partial charge >= 0.3 is 6.09 Å². The van der Waals surface area contributed by atoms with Crippen LogP contribution in [0.1, 0.15) is 45.6 Å². The van der Waals surface area contributed by atoms with E-state index in [1.165, 1.54) is 0 Å². The van der Waals surface area contributed by atoms with Gasteiger partial charge in [-0.2, -0.15) is 0 Å². The molecule has 2 rings (SSSR count). The zero-order valence-corrected chi connectivity index (χ0v) is 14.9. The molecule has 4 nitrogen and oxygen atoms in total. The zero-order valence-electron chi connectivity index (χ0n) is 14.1. The van der Waals surface area contributed by atoms with Gasteiger partial charge in [0.1, 0.15) is 5.60 Å². The van der Waals surface area contributed by atoms with Gasteiger partial charge in [-0.05, 0) is 57.7 Å². The molecule has 0 aromatic heterocycles. The van der Waals surface area contributed by atoms with Crippen LogP contribution in [0, 0.1) is 0 Å². The molecule has 1 heterocycles. The first-order valence-corrected chi connectivity index (χ1v) is 8.48. The Labute approximate surface area is 143 Å². The largest absolute Gasteiger partial charge is 0.444 e. The fraction of sp³-hybridized carbons (Fsp3) is 0.611. The van der Waals surface area contributed by atoms with E-state index < -0.39 is 5.60 Å². The summed E-state index contributed by atoms with van der Waals surface area (Å²) in [6, 6.07) is 7.72. The van der Waals surface area contributed by atoms with E-state index in [0.717, 1.165) is 18.4 Å². The average molecular weight is 340 g/mol. The minimum atomic E-state index is -0.506. The van der Waals surface area contributed by atoms with Crippen molar-refractivity contribution in [2.75, 3.05) is 19.7 Å². The van der Waals surface area contributed by atoms with Crippen LogP contribution in [-0.4, -0.2) is 41.4 Å². The molecule has 1 aliphatic rings. The highest BCUT2D eigenvalue weighted by molar-refractivity contribution is 6.30. The fourth-order valence-corrected chi connectivity index (χ4v) is 3.34. The van der Waals surface area contributed by atoms with Crippen molar-refractivity contribution in [3.05, 3.63) is 34.9 Å². The van der Waals surface area contributed by atoms with Crippen LogP contribution in [0.5, 0.6) is 0 Å². The van der Waals surface area contributed by atoms with Crippen LogP contribution < -0.4 is 0 Å². The molecule has 1 aromatic carbocycles. The predicted molar refractivity (Wildman–Crippen MR) is 91.9 cm³/mol. The van der Waals surface area contributed by atoms with E-state index in [1.54, 1.807) is 4.90 Å². The second kappa shape index (κ2) is 7.10. The third-order valence-corrected chi connectivity index (χ3v) is 4.53. The Hall–Kier alpha value is -1.26. The molecule has 23 heavy (non-hydrogen) atoms. The van der Waals surface area contributed by atoms with E-state index in [9.17, 15) is 9.90 Å². The summed E-state index contributed by atoms with van der Waals surface area (Å²) in [6.07, 6.45) is 2.16. The molecule has 5 heteroatoms. The van der Waals surface area contributed by atoms with Crippen LogP contribution >= 0.6 is 11.6 Å². The van der Waals surface area contributed by atoms with Gasteiger partial charge in [-0.15, -0.1) is 0 Å². The highest BCUT2D eigenvalue weighted by atomic mass is 35.5. The van der Waals surface area contributed by atoms with Crippen LogP contribution in [0.25, 0.3) is 0 Å². The summed E-state index contributed by atoms with van der Waals surface area (Å²) >= 11 is 5.99. The lowest BCUT2D eigenvalue weighted by Gasteiger charge is -2.43. The number of carbonyl (C=O) groups excluding carboxylic acids is 1. The van der Waals surface area contributed by atoms with Crippen molar-refractivity contribution >= 4 is 17.7 Å². The van der Waals surface area contributed by atoms with Crippen molar-refractivity contribution in [3.8, 4) is 0 Å². The third-order valence-electron chi connectivity index (χ3n) is 4.28. The molecule has 0 radical (unpaired) electrons. The Morgan fingerprint density at radius 2 is 2.00 bits per heavy atom. The quantitative estimate of drug-likeness (QED) is 0.905. The van der Waals surface area contributed by atoms with E-state index in [2.05, 4.69) is 0 Å². The number of aliphatic hydroxyl groups excluding tert-OH is 1. The number of likely N-dealkylation sites (tertiary alicyclic amines) is 1. The first-order chi connectivity index (χ1) is 10.8. The lowest BCUT2D eigenvalue weighted by atomic mass is 9.72. The summed E-state index contributed by atoms with van der Waals surface area (Å²) in [4.78, 5) is 14.2. The maximum absolute atomic E-state index is 12.4. The summed E-state index contributed by atoms with van der Waals surface area (Å²) in [7, 11) is 0. The smallest absolute Gasteiger partial charge is 0.410 e. The van der Waals surface area contributed by atoms with Gasteiger partial charge in [-0.25, -0.2) is 4.79 Å². The van der Waals surface area contributed by atoms with Crippen LogP contribution in [0.3, 0.4) is 0 Å². The Morgan fingerprint density at radius 3 is 2.57 bits per heavy atom. The first kappa shape index (κ1) is 18.1. The van der Waals surface area contributed by atoms with E-state index in [4.69, 9.17) is 16.3 Å². The Bertz CT molecular complexity index is 534. The summed E-state index contributed by atoms with van der Waals surface area (Å²) < 4.78 is 5.51. The highest BCUT2D eigenvalue weighted by Crippen LogP contribution is 2.38. The van der Waals surface area contributed by atoms with Crippen molar-refractivity contribution in [1.29, 1.82) is 0 Å². The lowest BCUT2D eigenvalue weighted by molar-refractivity contribution is 0.0112. The minimum Gasteiger partial charge on any atom is -0.444 e. The average Bonchev–Trinajstić information content (AvgIpc) is 2.46. The molecule has 1 fully saturated rings. The van der Waals surface area contributed by atoms with Crippen molar-refractivity contribution in [2.24, 2.45) is 0 Å². The van der Waals surface area contributed by atoms with Gasteiger partial charge in [0, 0.05) is 30.1 Å².